The smallest absolute Gasteiger partial charge is 0.269 e. The van der Waals surface area contributed by atoms with E-state index in [1.54, 1.807) is 25.1 Å². The van der Waals surface area contributed by atoms with Gasteiger partial charge in [0.05, 0.1) is 4.92 Å². The fourth-order valence-electron chi connectivity index (χ4n) is 1.26. The molecule has 1 amide bonds. The second-order valence-electron chi connectivity index (χ2n) is 3.37. The van der Waals surface area contributed by atoms with Gasteiger partial charge in [0.2, 0.25) is 5.91 Å². The summed E-state index contributed by atoms with van der Waals surface area (Å²) in [5.41, 5.74) is 6.67. The zero-order chi connectivity index (χ0) is 12.1. The first kappa shape index (κ1) is 11.9. The molecule has 1 rings (SSSR count). The Kier molecular flexibility index (Phi) is 3.77. The molecule has 0 unspecified atom stereocenters. The molecule has 0 fully saturated rings. The summed E-state index contributed by atoms with van der Waals surface area (Å²) in [5, 5.41) is 10.5. The minimum absolute atomic E-state index is 0.0598. The minimum atomic E-state index is -0.441. The van der Waals surface area contributed by atoms with Crippen LogP contribution in [0.2, 0.25) is 0 Å². The van der Waals surface area contributed by atoms with E-state index in [9.17, 15) is 14.9 Å². The van der Waals surface area contributed by atoms with Crippen LogP contribution >= 0.6 is 0 Å². The average Bonchev–Trinajstić information content (AvgIpc) is 2.19. The molecule has 0 saturated heterocycles. The quantitative estimate of drug-likeness (QED) is 0.619. The Morgan fingerprint density at radius 3 is 2.75 bits per heavy atom. The molecule has 84 valence electrons. The number of nitro groups is 1. The summed E-state index contributed by atoms with van der Waals surface area (Å²) in [7, 11) is 0. The van der Waals surface area contributed by atoms with Gasteiger partial charge in [-0.15, -0.1) is 0 Å². The molecule has 0 atom stereocenters. The molecule has 0 aromatic heterocycles. The third-order valence-electron chi connectivity index (χ3n) is 2.08. The van der Waals surface area contributed by atoms with Gasteiger partial charge in [-0.3, -0.25) is 14.9 Å². The molecule has 0 heterocycles. The van der Waals surface area contributed by atoms with Crippen LogP contribution in [0.1, 0.15) is 17.5 Å². The highest BCUT2D eigenvalue weighted by Gasteiger charge is 2.05. The van der Waals surface area contributed by atoms with Gasteiger partial charge >= 0.3 is 0 Å². The van der Waals surface area contributed by atoms with Gasteiger partial charge in [-0.25, -0.2) is 0 Å². The largest absolute Gasteiger partial charge is 0.369 e. The van der Waals surface area contributed by atoms with Crippen molar-refractivity contribution in [3.05, 3.63) is 45.5 Å². The van der Waals surface area contributed by atoms with E-state index in [2.05, 4.69) is 0 Å². The van der Waals surface area contributed by atoms with E-state index in [0.29, 0.717) is 0 Å². The topological polar surface area (TPSA) is 86.2 Å². The predicted octanol–water partition coefficient (Wildman–Crippen LogP) is 1.79. The Morgan fingerprint density at radius 2 is 2.25 bits per heavy atom. The second kappa shape index (κ2) is 5.06. The summed E-state index contributed by atoms with van der Waals surface area (Å²) in [6.45, 7) is 1.77. The number of benzene rings is 1. The third kappa shape index (κ3) is 3.20. The van der Waals surface area contributed by atoms with E-state index >= 15 is 0 Å². The van der Waals surface area contributed by atoms with Crippen molar-refractivity contribution in [1.29, 1.82) is 0 Å². The molecule has 0 aliphatic carbocycles. The highest BCUT2D eigenvalue weighted by Crippen LogP contribution is 2.18. The molecule has 1 aromatic carbocycles. The van der Waals surface area contributed by atoms with Gasteiger partial charge in [-0.1, -0.05) is 12.2 Å². The van der Waals surface area contributed by atoms with Crippen LogP contribution in [0.25, 0.3) is 6.08 Å². The molecule has 16 heavy (non-hydrogen) atoms. The number of hydrogen-bond donors (Lipinski definition) is 1. The van der Waals surface area contributed by atoms with Gasteiger partial charge in [0, 0.05) is 18.6 Å². The average molecular weight is 220 g/mol. The third-order valence-corrected chi connectivity index (χ3v) is 2.08. The van der Waals surface area contributed by atoms with Crippen LogP contribution in [0, 0.1) is 17.0 Å². The number of non-ortho nitro benzene ring substituents is 1. The molecule has 0 aliphatic heterocycles. The van der Waals surface area contributed by atoms with Crippen LogP contribution in [0.15, 0.2) is 24.3 Å². The van der Waals surface area contributed by atoms with Crippen LogP contribution in [0.3, 0.4) is 0 Å². The Bertz CT molecular complexity index is 453. The maximum absolute atomic E-state index is 10.5. The number of carbonyl (C=O) groups is 1. The number of amides is 1. The van der Waals surface area contributed by atoms with Crippen molar-refractivity contribution >= 4 is 17.7 Å². The zero-order valence-corrected chi connectivity index (χ0v) is 8.84. The molecule has 0 aliphatic rings. The summed E-state index contributed by atoms with van der Waals surface area (Å²) in [6, 6.07) is 4.56. The molecular formula is C11H12N2O3. The first-order valence-electron chi connectivity index (χ1n) is 4.70. The fourth-order valence-corrected chi connectivity index (χ4v) is 1.26. The number of aryl methyl sites for hydroxylation is 1. The first-order chi connectivity index (χ1) is 7.50. The highest BCUT2D eigenvalue weighted by molar-refractivity contribution is 5.76. The van der Waals surface area contributed by atoms with E-state index in [1.807, 2.05) is 0 Å². The lowest BCUT2D eigenvalue weighted by Gasteiger charge is -1.99. The van der Waals surface area contributed by atoms with Crippen LogP contribution in [0.4, 0.5) is 5.69 Å². The minimum Gasteiger partial charge on any atom is -0.369 e. The number of nitrogens with zero attached hydrogens (tertiary/aromatic N) is 1. The van der Waals surface area contributed by atoms with E-state index in [-0.39, 0.29) is 12.1 Å². The van der Waals surface area contributed by atoms with Gasteiger partial charge in [-0.05, 0) is 24.1 Å². The van der Waals surface area contributed by atoms with Gasteiger partial charge in [0.25, 0.3) is 5.69 Å². The predicted molar refractivity (Wildman–Crippen MR) is 60.7 cm³/mol. The van der Waals surface area contributed by atoms with E-state index in [4.69, 9.17) is 5.73 Å². The SMILES string of the molecule is Cc1cc([N+](=O)[O-])ccc1C=CCC(N)=O. The maximum Gasteiger partial charge on any atom is 0.269 e. The lowest BCUT2D eigenvalue weighted by molar-refractivity contribution is -0.384. The molecule has 0 saturated carbocycles. The number of rotatable bonds is 4. The molecule has 0 radical (unpaired) electrons. The Labute approximate surface area is 92.7 Å². The summed E-state index contributed by atoms with van der Waals surface area (Å²) in [4.78, 5) is 20.6. The summed E-state index contributed by atoms with van der Waals surface area (Å²) in [6.07, 6.45) is 3.52. The summed E-state index contributed by atoms with van der Waals surface area (Å²) >= 11 is 0. The van der Waals surface area contributed by atoms with Crippen LogP contribution in [-0.2, 0) is 4.79 Å². The zero-order valence-electron chi connectivity index (χ0n) is 8.84. The molecular weight excluding hydrogens is 208 g/mol. The normalized spacial score (nSPS) is 10.6. The summed E-state index contributed by atoms with van der Waals surface area (Å²) in [5.74, 6) is -0.407. The molecule has 5 nitrogen and oxygen atoms in total. The standard InChI is InChI=1S/C11H12N2O3/c1-8-7-10(13(15)16)6-5-9(8)3-2-4-11(12)14/h2-3,5-7H,4H2,1H3,(H2,12,14). The number of hydrogen-bond acceptors (Lipinski definition) is 3. The van der Waals surface area contributed by atoms with Crippen molar-refractivity contribution in [2.24, 2.45) is 5.73 Å². The van der Waals surface area contributed by atoms with E-state index in [1.165, 1.54) is 12.1 Å². The molecule has 0 bridgehead atoms. The lowest BCUT2D eigenvalue weighted by Crippen LogP contribution is -2.07. The van der Waals surface area contributed by atoms with Gasteiger partial charge < -0.3 is 5.73 Å². The highest BCUT2D eigenvalue weighted by atomic mass is 16.6. The van der Waals surface area contributed by atoms with Gasteiger partial charge in [-0.2, -0.15) is 0 Å². The number of nitro benzene ring substituents is 1. The fraction of sp³-hybridized carbons (Fsp3) is 0.182. The Hall–Kier alpha value is -2.17. The first-order valence-corrected chi connectivity index (χ1v) is 4.70. The van der Waals surface area contributed by atoms with Crippen molar-refractivity contribution in [2.75, 3.05) is 0 Å². The number of primary amides is 1. The summed E-state index contributed by atoms with van der Waals surface area (Å²) < 4.78 is 0. The van der Waals surface area contributed by atoms with Gasteiger partial charge in [0.15, 0.2) is 0 Å². The Morgan fingerprint density at radius 1 is 1.56 bits per heavy atom. The Balaban J connectivity index is 2.87. The van der Waals surface area contributed by atoms with Crippen molar-refractivity contribution in [3.8, 4) is 0 Å². The van der Waals surface area contributed by atoms with Gasteiger partial charge in [0.1, 0.15) is 0 Å². The molecule has 5 heteroatoms. The van der Waals surface area contributed by atoms with Crippen LogP contribution < -0.4 is 5.73 Å². The van der Waals surface area contributed by atoms with Crippen LogP contribution in [-0.4, -0.2) is 10.8 Å². The molecule has 0 spiro atoms. The van der Waals surface area contributed by atoms with E-state index < -0.39 is 10.8 Å². The molecule has 2 N–H and O–H groups in total. The maximum atomic E-state index is 10.5. The van der Waals surface area contributed by atoms with Crippen molar-refractivity contribution in [3.63, 3.8) is 0 Å². The van der Waals surface area contributed by atoms with E-state index in [0.717, 1.165) is 11.1 Å². The second-order valence-corrected chi connectivity index (χ2v) is 3.37. The van der Waals surface area contributed by atoms with Crippen molar-refractivity contribution < 1.29 is 9.72 Å². The monoisotopic (exact) mass is 220 g/mol. The molecule has 1 aromatic rings. The lowest BCUT2D eigenvalue weighted by atomic mass is 10.1. The van der Waals surface area contributed by atoms with Crippen molar-refractivity contribution in [2.45, 2.75) is 13.3 Å². The number of nitrogens with two attached hydrogens (primary N) is 1. The van der Waals surface area contributed by atoms with Crippen LogP contribution in [0.5, 0.6) is 0 Å². The van der Waals surface area contributed by atoms with Crippen molar-refractivity contribution in [1.82, 2.24) is 0 Å². The number of carbonyl (C=O) groups excluding carboxylic acids is 1.